The molecule has 0 amide bonds. The first-order chi connectivity index (χ1) is 6.38. The Bertz CT molecular complexity index is 284. The maximum absolute atomic E-state index is 9.49. The van der Waals surface area contributed by atoms with Gasteiger partial charge < -0.3 is 10.4 Å². The van der Waals surface area contributed by atoms with Crippen LogP contribution in [0.2, 0.25) is 0 Å². The second-order valence-electron chi connectivity index (χ2n) is 4.09. The van der Waals surface area contributed by atoms with Gasteiger partial charge in [0.15, 0.2) is 0 Å². The molecule has 0 atom stereocenters. The number of aryl methyl sites for hydroxylation is 1. The van der Waals surface area contributed by atoms with E-state index < -0.39 is 5.60 Å². The highest BCUT2D eigenvalue weighted by Crippen LogP contribution is 2.27. The van der Waals surface area contributed by atoms with Crippen LogP contribution in [0.3, 0.4) is 0 Å². The minimum absolute atomic E-state index is 0.613. The van der Waals surface area contributed by atoms with Crippen molar-refractivity contribution >= 4 is 27.3 Å². The van der Waals surface area contributed by atoms with Gasteiger partial charge in [-0.05, 0) is 48.3 Å². The fourth-order valence-corrected chi connectivity index (χ4v) is 2.70. The zero-order valence-electron chi connectivity index (χ0n) is 8.72. The van der Waals surface area contributed by atoms with Gasteiger partial charge >= 0.3 is 0 Å². The van der Waals surface area contributed by atoms with E-state index in [0.717, 1.165) is 6.54 Å². The molecule has 2 nitrogen and oxygen atoms in total. The number of hydrogen-bond donors (Lipinski definition) is 2. The molecule has 1 aromatic rings. The van der Waals surface area contributed by atoms with Crippen LogP contribution in [0.15, 0.2) is 9.85 Å². The zero-order chi connectivity index (χ0) is 10.8. The van der Waals surface area contributed by atoms with Gasteiger partial charge in [0.25, 0.3) is 0 Å². The molecule has 0 spiro atoms. The number of aliphatic hydroxyl groups is 1. The van der Waals surface area contributed by atoms with Crippen molar-refractivity contribution in [3.8, 4) is 0 Å². The molecule has 0 aliphatic heterocycles. The van der Waals surface area contributed by atoms with E-state index in [2.05, 4.69) is 34.2 Å². The van der Waals surface area contributed by atoms with Gasteiger partial charge in [0.1, 0.15) is 0 Å². The summed E-state index contributed by atoms with van der Waals surface area (Å²) in [5.74, 6) is 0. The molecule has 2 N–H and O–H groups in total. The Morgan fingerprint density at radius 2 is 2.21 bits per heavy atom. The molecule has 0 unspecified atom stereocenters. The first-order valence-corrected chi connectivity index (χ1v) is 6.17. The van der Waals surface area contributed by atoms with Crippen molar-refractivity contribution in [2.24, 2.45) is 0 Å². The van der Waals surface area contributed by atoms with Gasteiger partial charge in [0.05, 0.1) is 9.39 Å². The lowest BCUT2D eigenvalue weighted by Crippen LogP contribution is -2.34. The van der Waals surface area contributed by atoms with Gasteiger partial charge in [0.2, 0.25) is 0 Å². The van der Waals surface area contributed by atoms with E-state index in [-0.39, 0.29) is 0 Å². The fourth-order valence-electron chi connectivity index (χ4n) is 1.10. The van der Waals surface area contributed by atoms with Crippen molar-refractivity contribution in [2.45, 2.75) is 32.9 Å². The monoisotopic (exact) mass is 277 g/mol. The van der Waals surface area contributed by atoms with Crippen LogP contribution in [-0.4, -0.2) is 17.3 Å². The van der Waals surface area contributed by atoms with E-state index in [1.807, 2.05) is 0 Å². The van der Waals surface area contributed by atoms with E-state index in [1.165, 1.54) is 14.2 Å². The van der Waals surface area contributed by atoms with Crippen LogP contribution in [0.5, 0.6) is 0 Å². The van der Waals surface area contributed by atoms with Crippen molar-refractivity contribution in [1.29, 1.82) is 0 Å². The standard InChI is InChI=1S/C10H16BrNOS/c1-7-4-8(14-9(7)11)5-12-6-10(2,3)13/h4,12-13H,5-6H2,1-3H3. The molecule has 4 heteroatoms. The van der Waals surface area contributed by atoms with Crippen molar-refractivity contribution in [3.05, 3.63) is 20.3 Å². The van der Waals surface area contributed by atoms with Crippen LogP contribution in [0.25, 0.3) is 0 Å². The third kappa shape index (κ3) is 4.09. The average molecular weight is 278 g/mol. The molecular weight excluding hydrogens is 262 g/mol. The number of halogens is 1. The van der Waals surface area contributed by atoms with E-state index in [9.17, 15) is 5.11 Å². The third-order valence-electron chi connectivity index (χ3n) is 1.77. The highest BCUT2D eigenvalue weighted by Gasteiger charge is 2.11. The molecule has 1 rings (SSSR count). The van der Waals surface area contributed by atoms with Gasteiger partial charge in [-0.25, -0.2) is 0 Å². The molecule has 0 aliphatic rings. The first-order valence-electron chi connectivity index (χ1n) is 4.56. The highest BCUT2D eigenvalue weighted by molar-refractivity contribution is 9.11. The van der Waals surface area contributed by atoms with Crippen LogP contribution in [0.4, 0.5) is 0 Å². The molecule has 0 saturated carbocycles. The molecule has 0 aliphatic carbocycles. The second-order valence-corrected chi connectivity index (χ2v) is 6.54. The number of nitrogens with one attached hydrogen (secondary N) is 1. The lowest BCUT2D eigenvalue weighted by Gasteiger charge is -2.17. The van der Waals surface area contributed by atoms with Gasteiger partial charge in [-0.3, -0.25) is 0 Å². The average Bonchev–Trinajstić information content (AvgIpc) is 2.28. The summed E-state index contributed by atoms with van der Waals surface area (Å²) in [4.78, 5) is 1.29. The molecule has 0 fully saturated rings. The largest absolute Gasteiger partial charge is 0.389 e. The summed E-state index contributed by atoms with van der Waals surface area (Å²) in [5, 5.41) is 12.7. The summed E-state index contributed by atoms with van der Waals surface area (Å²) in [5.41, 5.74) is 0.638. The number of rotatable bonds is 4. The second kappa shape index (κ2) is 4.75. The molecule has 1 aromatic heterocycles. The summed E-state index contributed by atoms with van der Waals surface area (Å²) in [6, 6.07) is 2.16. The van der Waals surface area contributed by atoms with Gasteiger partial charge in [-0.15, -0.1) is 11.3 Å². The third-order valence-corrected chi connectivity index (χ3v) is 3.90. The maximum Gasteiger partial charge on any atom is 0.0730 e. The Balaban J connectivity index is 2.39. The molecular formula is C10H16BrNOS. The SMILES string of the molecule is Cc1cc(CNCC(C)(C)O)sc1Br. The first kappa shape index (κ1) is 12.2. The molecule has 14 heavy (non-hydrogen) atoms. The summed E-state index contributed by atoms with van der Waals surface area (Å²) >= 11 is 5.23. The fraction of sp³-hybridized carbons (Fsp3) is 0.600. The van der Waals surface area contributed by atoms with Crippen LogP contribution in [-0.2, 0) is 6.54 Å². The van der Waals surface area contributed by atoms with Gasteiger partial charge in [-0.1, -0.05) is 0 Å². The molecule has 0 aromatic carbocycles. The quantitative estimate of drug-likeness (QED) is 0.887. The lowest BCUT2D eigenvalue weighted by molar-refractivity contribution is 0.0796. The van der Waals surface area contributed by atoms with E-state index in [1.54, 1.807) is 25.2 Å². The van der Waals surface area contributed by atoms with Gasteiger partial charge in [0, 0.05) is 18.0 Å². The molecule has 80 valence electrons. The topological polar surface area (TPSA) is 32.3 Å². The Hall–Kier alpha value is 0.100. The van der Waals surface area contributed by atoms with Crippen LogP contribution >= 0.6 is 27.3 Å². The normalized spacial score (nSPS) is 12.1. The Morgan fingerprint density at radius 3 is 2.64 bits per heavy atom. The summed E-state index contributed by atoms with van der Waals surface area (Å²) in [6.45, 7) is 7.12. The van der Waals surface area contributed by atoms with Crippen molar-refractivity contribution in [2.75, 3.05) is 6.54 Å². The van der Waals surface area contributed by atoms with Gasteiger partial charge in [-0.2, -0.15) is 0 Å². The van der Waals surface area contributed by atoms with Crippen molar-refractivity contribution in [1.82, 2.24) is 5.32 Å². The minimum atomic E-state index is -0.635. The molecule has 0 bridgehead atoms. The van der Waals surface area contributed by atoms with Crippen LogP contribution in [0.1, 0.15) is 24.3 Å². The predicted octanol–water partition coefficient (Wildman–Crippen LogP) is 2.68. The number of thiophene rings is 1. The van der Waals surface area contributed by atoms with E-state index in [4.69, 9.17) is 0 Å². The Kier molecular flexibility index (Phi) is 4.13. The van der Waals surface area contributed by atoms with Crippen LogP contribution < -0.4 is 5.32 Å². The highest BCUT2D eigenvalue weighted by atomic mass is 79.9. The van der Waals surface area contributed by atoms with E-state index in [0.29, 0.717) is 6.54 Å². The Labute approximate surface area is 97.5 Å². The molecule has 0 saturated heterocycles. The maximum atomic E-state index is 9.49. The summed E-state index contributed by atoms with van der Waals surface area (Å²) in [7, 11) is 0. The summed E-state index contributed by atoms with van der Waals surface area (Å²) in [6.07, 6.45) is 0. The van der Waals surface area contributed by atoms with Crippen molar-refractivity contribution in [3.63, 3.8) is 0 Å². The van der Waals surface area contributed by atoms with Crippen LogP contribution in [0, 0.1) is 6.92 Å². The smallest absolute Gasteiger partial charge is 0.0730 e. The van der Waals surface area contributed by atoms with Crippen molar-refractivity contribution < 1.29 is 5.11 Å². The minimum Gasteiger partial charge on any atom is -0.389 e. The Morgan fingerprint density at radius 1 is 1.57 bits per heavy atom. The van der Waals surface area contributed by atoms with E-state index >= 15 is 0 Å². The summed E-state index contributed by atoms with van der Waals surface area (Å²) < 4.78 is 1.19. The number of hydrogen-bond acceptors (Lipinski definition) is 3. The zero-order valence-corrected chi connectivity index (χ0v) is 11.1. The molecule has 0 radical (unpaired) electrons. The predicted molar refractivity (Wildman–Crippen MR) is 64.8 cm³/mol. The molecule has 1 heterocycles. The lowest BCUT2D eigenvalue weighted by atomic mass is 10.1.